The fraction of sp³-hybridized carbons (Fsp3) is 0.364. The summed E-state index contributed by atoms with van der Waals surface area (Å²) in [5, 5.41) is 2.70. The average molecular weight is 341 g/mol. The Labute approximate surface area is 116 Å². The first kappa shape index (κ1) is 15.6. The van der Waals surface area contributed by atoms with Crippen molar-refractivity contribution in [3.05, 3.63) is 22.7 Å². The first-order valence-electron chi connectivity index (χ1n) is 5.27. The van der Waals surface area contributed by atoms with E-state index in [1.165, 1.54) is 12.1 Å². The average Bonchev–Trinajstić information content (AvgIpc) is 2.25. The maximum absolute atomic E-state index is 12.2. The van der Waals surface area contributed by atoms with Crippen molar-refractivity contribution >= 4 is 27.5 Å². The highest BCUT2D eigenvalue weighted by Crippen LogP contribution is 2.32. The molecule has 1 aromatic rings. The molecule has 0 spiro atoms. The smallest absolute Gasteiger partial charge is 0.404 e. The van der Waals surface area contributed by atoms with Crippen LogP contribution in [-0.4, -0.2) is 18.8 Å². The molecular weight excluding hydrogens is 329 g/mol. The van der Waals surface area contributed by atoms with Gasteiger partial charge in [0.2, 0.25) is 5.91 Å². The Balaban J connectivity index is 2.85. The third-order valence-electron chi connectivity index (χ3n) is 2.25. The van der Waals surface area contributed by atoms with E-state index in [4.69, 9.17) is 5.73 Å². The monoisotopic (exact) mass is 340 g/mol. The standard InChI is InChI=1S/C11H12BrF3N2O2/c1-6(10(16)18)5-17-8-3-2-7(12)4-9(8)19-11(13,14)15/h2-4,6,17H,5H2,1H3,(H2,16,18). The molecule has 0 aromatic heterocycles. The molecule has 8 heteroatoms. The van der Waals surface area contributed by atoms with Crippen LogP contribution >= 0.6 is 15.9 Å². The molecule has 0 saturated carbocycles. The number of rotatable bonds is 5. The quantitative estimate of drug-likeness (QED) is 0.866. The molecule has 1 aromatic carbocycles. The van der Waals surface area contributed by atoms with Crippen molar-refractivity contribution in [2.24, 2.45) is 11.7 Å². The summed E-state index contributed by atoms with van der Waals surface area (Å²) in [6.45, 7) is 1.68. The third-order valence-corrected chi connectivity index (χ3v) is 2.75. The van der Waals surface area contributed by atoms with Crippen LogP contribution in [0.15, 0.2) is 22.7 Å². The number of halogens is 4. The lowest BCUT2D eigenvalue weighted by atomic mass is 10.1. The minimum atomic E-state index is -4.79. The van der Waals surface area contributed by atoms with E-state index >= 15 is 0 Å². The summed E-state index contributed by atoms with van der Waals surface area (Å²) >= 11 is 3.06. The summed E-state index contributed by atoms with van der Waals surface area (Å²) < 4.78 is 41.1. The van der Waals surface area contributed by atoms with Gasteiger partial charge < -0.3 is 15.8 Å². The van der Waals surface area contributed by atoms with E-state index in [1.54, 1.807) is 13.0 Å². The number of nitrogens with two attached hydrogens (primary N) is 1. The van der Waals surface area contributed by atoms with E-state index in [9.17, 15) is 18.0 Å². The molecule has 3 N–H and O–H groups in total. The van der Waals surface area contributed by atoms with Gasteiger partial charge in [-0.15, -0.1) is 13.2 Å². The van der Waals surface area contributed by atoms with Gasteiger partial charge in [0.25, 0.3) is 0 Å². The van der Waals surface area contributed by atoms with Gasteiger partial charge in [0.05, 0.1) is 11.6 Å². The number of alkyl halides is 3. The molecule has 106 valence electrons. The molecule has 1 unspecified atom stereocenters. The fourth-order valence-electron chi connectivity index (χ4n) is 1.21. The van der Waals surface area contributed by atoms with Gasteiger partial charge in [0.15, 0.2) is 5.75 Å². The van der Waals surface area contributed by atoms with Crippen molar-refractivity contribution in [3.63, 3.8) is 0 Å². The Hall–Kier alpha value is -1.44. The van der Waals surface area contributed by atoms with Crippen molar-refractivity contribution < 1.29 is 22.7 Å². The highest BCUT2D eigenvalue weighted by atomic mass is 79.9. The Morgan fingerprint density at radius 2 is 2.16 bits per heavy atom. The maximum atomic E-state index is 12.2. The van der Waals surface area contributed by atoms with Crippen molar-refractivity contribution in [1.82, 2.24) is 0 Å². The van der Waals surface area contributed by atoms with Crippen molar-refractivity contribution in [1.29, 1.82) is 0 Å². The number of hydrogen-bond acceptors (Lipinski definition) is 3. The first-order valence-corrected chi connectivity index (χ1v) is 6.07. The molecule has 0 fully saturated rings. The normalized spacial score (nSPS) is 12.9. The Morgan fingerprint density at radius 1 is 1.53 bits per heavy atom. The summed E-state index contributed by atoms with van der Waals surface area (Å²) in [5.41, 5.74) is 5.20. The summed E-state index contributed by atoms with van der Waals surface area (Å²) in [6.07, 6.45) is -4.79. The predicted molar refractivity (Wildman–Crippen MR) is 67.7 cm³/mol. The van der Waals surface area contributed by atoms with Gasteiger partial charge in [-0.3, -0.25) is 4.79 Å². The highest BCUT2D eigenvalue weighted by molar-refractivity contribution is 9.10. The number of primary amides is 1. The molecule has 0 saturated heterocycles. The molecule has 0 aliphatic rings. The molecule has 0 aliphatic heterocycles. The summed E-state index contributed by atoms with van der Waals surface area (Å²) in [4.78, 5) is 10.9. The molecule has 1 atom stereocenters. The van der Waals surface area contributed by atoms with E-state index in [-0.39, 0.29) is 18.0 Å². The Morgan fingerprint density at radius 3 is 2.68 bits per heavy atom. The topological polar surface area (TPSA) is 64.3 Å². The number of anilines is 1. The highest BCUT2D eigenvalue weighted by Gasteiger charge is 2.32. The number of nitrogens with one attached hydrogen (secondary N) is 1. The molecule has 0 radical (unpaired) electrons. The van der Waals surface area contributed by atoms with Crippen LogP contribution in [0.5, 0.6) is 5.75 Å². The molecule has 1 rings (SSSR count). The number of ether oxygens (including phenoxy) is 1. The first-order chi connectivity index (χ1) is 8.69. The second-order valence-electron chi connectivity index (χ2n) is 3.87. The fourth-order valence-corrected chi connectivity index (χ4v) is 1.56. The Kier molecular flexibility index (Phi) is 5.04. The minimum Gasteiger partial charge on any atom is -0.404 e. The zero-order chi connectivity index (χ0) is 14.6. The SMILES string of the molecule is CC(CNc1ccc(Br)cc1OC(F)(F)F)C(N)=O. The van der Waals surface area contributed by atoms with Gasteiger partial charge in [-0.1, -0.05) is 22.9 Å². The number of carbonyl (C=O) groups is 1. The Bertz CT molecular complexity index is 466. The van der Waals surface area contributed by atoms with Crippen LogP contribution in [0, 0.1) is 5.92 Å². The van der Waals surface area contributed by atoms with Crippen molar-refractivity contribution in [2.45, 2.75) is 13.3 Å². The molecule has 19 heavy (non-hydrogen) atoms. The van der Waals surface area contributed by atoms with E-state index < -0.39 is 18.2 Å². The second kappa shape index (κ2) is 6.14. The van der Waals surface area contributed by atoms with E-state index in [2.05, 4.69) is 26.0 Å². The molecule has 0 aliphatic carbocycles. The van der Waals surface area contributed by atoms with Crippen molar-refractivity contribution in [3.8, 4) is 5.75 Å². The van der Waals surface area contributed by atoms with Gasteiger partial charge in [0.1, 0.15) is 0 Å². The van der Waals surface area contributed by atoms with Crippen LogP contribution in [0.3, 0.4) is 0 Å². The summed E-state index contributed by atoms with van der Waals surface area (Å²) in [5.74, 6) is -1.43. The molecule has 1 amide bonds. The van der Waals surface area contributed by atoms with Gasteiger partial charge >= 0.3 is 6.36 Å². The second-order valence-corrected chi connectivity index (χ2v) is 4.79. The van der Waals surface area contributed by atoms with Gasteiger partial charge in [-0.25, -0.2) is 0 Å². The minimum absolute atomic E-state index is 0.116. The lowest BCUT2D eigenvalue weighted by Gasteiger charge is -2.16. The number of carbonyl (C=O) groups excluding carboxylic acids is 1. The predicted octanol–water partition coefficient (Wildman–Crippen LogP) is 2.88. The van der Waals surface area contributed by atoms with Crippen LogP contribution in [0.2, 0.25) is 0 Å². The van der Waals surface area contributed by atoms with E-state index in [1.807, 2.05) is 0 Å². The summed E-state index contributed by atoms with van der Waals surface area (Å²) in [6, 6.07) is 4.16. The zero-order valence-electron chi connectivity index (χ0n) is 9.92. The molecular formula is C11H12BrF3N2O2. The molecule has 0 bridgehead atoms. The number of benzene rings is 1. The number of amides is 1. The maximum Gasteiger partial charge on any atom is 0.573 e. The van der Waals surface area contributed by atoms with Crippen molar-refractivity contribution in [2.75, 3.05) is 11.9 Å². The van der Waals surface area contributed by atoms with E-state index in [0.29, 0.717) is 4.47 Å². The largest absolute Gasteiger partial charge is 0.573 e. The van der Waals surface area contributed by atoms with Crippen LogP contribution in [-0.2, 0) is 4.79 Å². The van der Waals surface area contributed by atoms with Crippen LogP contribution in [0.25, 0.3) is 0 Å². The van der Waals surface area contributed by atoms with Crippen LogP contribution < -0.4 is 15.8 Å². The van der Waals surface area contributed by atoms with Gasteiger partial charge in [-0.05, 0) is 18.2 Å². The van der Waals surface area contributed by atoms with Gasteiger partial charge in [0, 0.05) is 11.0 Å². The zero-order valence-corrected chi connectivity index (χ0v) is 11.5. The van der Waals surface area contributed by atoms with E-state index in [0.717, 1.165) is 0 Å². The molecule has 4 nitrogen and oxygen atoms in total. The van der Waals surface area contributed by atoms with Crippen LogP contribution in [0.4, 0.5) is 18.9 Å². The summed E-state index contributed by atoms with van der Waals surface area (Å²) in [7, 11) is 0. The number of hydrogen-bond donors (Lipinski definition) is 2. The lowest BCUT2D eigenvalue weighted by molar-refractivity contribution is -0.274. The third kappa shape index (κ3) is 5.37. The van der Waals surface area contributed by atoms with Gasteiger partial charge in [-0.2, -0.15) is 0 Å². The van der Waals surface area contributed by atoms with Crippen LogP contribution in [0.1, 0.15) is 6.92 Å². The molecule has 0 heterocycles. The lowest BCUT2D eigenvalue weighted by Crippen LogP contribution is -2.27.